The van der Waals surface area contributed by atoms with Gasteiger partial charge in [-0.25, -0.2) is 4.98 Å². The van der Waals surface area contributed by atoms with Crippen molar-refractivity contribution in [2.75, 3.05) is 47.0 Å². The minimum atomic E-state index is -0.504. The number of amides is 2. The monoisotopic (exact) mass is 404 g/mol. The number of piperidine rings is 2. The lowest BCUT2D eigenvalue weighted by molar-refractivity contribution is -0.133. The Kier molecular flexibility index (Phi) is 7.08. The molecular formula is C21H32N4O4. The maximum atomic E-state index is 12.7. The third kappa shape index (κ3) is 4.87. The van der Waals surface area contributed by atoms with Crippen molar-refractivity contribution in [1.29, 1.82) is 0 Å². The first-order chi connectivity index (χ1) is 14.0. The second-order valence-electron chi connectivity index (χ2n) is 8.07. The van der Waals surface area contributed by atoms with E-state index >= 15 is 0 Å². The van der Waals surface area contributed by atoms with Crippen LogP contribution < -0.4 is 10.5 Å². The molecule has 1 unspecified atom stereocenters. The first kappa shape index (κ1) is 21.5. The summed E-state index contributed by atoms with van der Waals surface area (Å²) in [5, 5.41) is 0. The van der Waals surface area contributed by atoms with E-state index in [0.717, 1.165) is 32.2 Å². The van der Waals surface area contributed by atoms with Gasteiger partial charge in [0.05, 0.1) is 18.1 Å². The predicted octanol–water partition coefficient (Wildman–Crippen LogP) is 1.30. The van der Waals surface area contributed by atoms with E-state index in [4.69, 9.17) is 15.2 Å². The average Bonchev–Trinajstić information content (AvgIpc) is 2.77. The number of aromatic nitrogens is 1. The fourth-order valence-electron chi connectivity index (χ4n) is 4.55. The van der Waals surface area contributed by atoms with Crippen molar-refractivity contribution in [3.63, 3.8) is 0 Å². The summed E-state index contributed by atoms with van der Waals surface area (Å²) in [5.41, 5.74) is 5.87. The zero-order valence-electron chi connectivity index (χ0n) is 17.4. The molecule has 3 rings (SSSR count). The Morgan fingerprint density at radius 3 is 2.59 bits per heavy atom. The van der Waals surface area contributed by atoms with E-state index in [0.29, 0.717) is 50.1 Å². The lowest BCUT2D eigenvalue weighted by Crippen LogP contribution is -2.56. The van der Waals surface area contributed by atoms with E-state index in [9.17, 15) is 9.59 Å². The smallest absolute Gasteiger partial charge is 0.255 e. The van der Waals surface area contributed by atoms with Crippen molar-refractivity contribution < 1.29 is 19.1 Å². The Balaban J connectivity index is 1.58. The van der Waals surface area contributed by atoms with Crippen molar-refractivity contribution in [3.8, 4) is 5.88 Å². The molecule has 0 bridgehead atoms. The molecule has 0 aliphatic carbocycles. The van der Waals surface area contributed by atoms with Crippen LogP contribution in [0.25, 0.3) is 0 Å². The highest BCUT2D eigenvalue weighted by atomic mass is 16.5. The Hall–Kier alpha value is -2.19. The molecule has 0 spiro atoms. The number of rotatable bonds is 7. The van der Waals surface area contributed by atoms with Gasteiger partial charge in [-0.15, -0.1) is 0 Å². The summed E-state index contributed by atoms with van der Waals surface area (Å²) in [6.07, 6.45) is 5.81. The summed E-state index contributed by atoms with van der Waals surface area (Å²) in [5.74, 6) is 0.277. The van der Waals surface area contributed by atoms with Gasteiger partial charge in [0.1, 0.15) is 0 Å². The van der Waals surface area contributed by atoms with Gasteiger partial charge in [-0.1, -0.05) is 0 Å². The maximum Gasteiger partial charge on any atom is 0.255 e. The molecule has 1 aromatic heterocycles. The predicted molar refractivity (Wildman–Crippen MR) is 109 cm³/mol. The Labute approximate surface area is 172 Å². The number of nitrogens with two attached hydrogens (primary N) is 1. The Morgan fingerprint density at radius 2 is 2.00 bits per heavy atom. The molecule has 3 heterocycles. The van der Waals surface area contributed by atoms with Crippen LogP contribution in [0.4, 0.5) is 0 Å². The number of hydrogen-bond acceptors (Lipinski definition) is 6. The number of ether oxygens (including phenoxy) is 2. The van der Waals surface area contributed by atoms with Crippen LogP contribution in [0, 0.1) is 5.41 Å². The van der Waals surface area contributed by atoms with E-state index < -0.39 is 5.41 Å². The average molecular weight is 405 g/mol. The number of likely N-dealkylation sites (tertiary alicyclic amines) is 2. The van der Waals surface area contributed by atoms with Crippen LogP contribution in [-0.2, 0) is 9.53 Å². The molecule has 2 amide bonds. The van der Waals surface area contributed by atoms with Crippen molar-refractivity contribution in [3.05, 3.63) is 23.9 Å². The molecule has 0 radical (unpaired) electrons. The van der Waals surface area contributed by atoms with Gasteiger partial charge in [0.2, 0.25) is 11.8 Å². The third-order valence-electron chi connectivity index (χ3n) is 6.37. The lowest BCUT2D eigenvalue weighted by Gasteiger charge is -2.46. The quantitative estimate of drug-likeness (QED) is 0.736. The second kappa shape index (κ2) is 9.54. The molecule has 1 aromatic rings. The number of nitrogens with zero attached hydrogens (tertiary/aromatic N) is 3. The lowest BCUT2D eigenvalue weighted by atomic mass is 9.76. The topological polar surface area (TPSA) is 98.0 Å². The number of pyridine rings is 1. The summed E-state index contributed by atoms with van der Waals surface area (Å²) in [6, 6.07) is 3.83. The van der Waals surface area contributed by atoms with Gasteiger partial charge >= 0.3 is 0 Å². The molecule has 1 atom stereocenters. The molecule has 2 aliphatic rings. The van der Waals surface area contributed by atoms with E-state index in [-0.39, 0.29) is 11.8 Å². The van der Waals surface area contributed by atoms with Crippen molar-refractivity contribution >= 4 is 11.8 Å². The number of carbonyl (C=O) groups excluding carboxylic acids is 2. The van der Waals surface area contributed by atoms with Crippen LogP contribution in [0.15, 0.2) is 18.3 Å². The molecule has 2 saturated heterocycles. The highest BCUT2D eigenvalue weighted by Crippen LogP contribution is 2.35. The number of primary amides is 1. The van der Waals surface area contributed by atoms with Gasteiger partial charge in [0.25, 0.3) is 5.91 Å². The Morgan fingerprint density at radius 1 is 1.24 bits per heavy atom. The van der Waals surface area contributed by atoms with Crippen LogP contribution in [-0.4, -0.2) is 79.6 Å². The Bertz CT molecular complexity index is 703. The second-order valence-corrected chi connectivity index (χ2v) is 8.07. The molecule has 0 aromatic carbocycles. The minimum absolute atomic E-state index is 0.00354. The van der Waals surface area contributed by atoms with Gasteiger partial charge < -0.3 is 20.1 Å². The highest BCUT2D eigenvalue weighted by Gasteiger charge is 2.42. The van der Waals surface area contributed by atoms with Crippen molar-refractivity contribution in [2.24, 2.45) is 11.1 Å². The van der Waals surface area contributed by atoms with Gasteiger partial charge in [-0.3, -0.25) is 14.5 Å². The zero-order chi connectivity index (χ0) is 20.9. The molecular weight excluding hydrogens is 372 g/mol. The molecule has 8 nitrogen and oxygen atoms in total. The van der Waals surface area contributed by atoms with Crippen LogP contribution in [0.1, 0.15) is 42.5 Å². The molecule has 29 heavy (non-hydrogen) atoms. The molecule has 2 fully saturated rings. The molecule has 160 valence electrons. The summed E-state index contributed by atoms with van der Waals surface area (Å²) in [6.45, 7) is 3.61. The maximum absolute atomic E-state index is 12.7. The van der Waals surface area contributed by atoms with Gasteiger partial charge in [0.15, 0.2) is 0 Å². The molecule has 8 heteroatoms. The number of hydrogen-bond donors (Lipinski definition) is 1. The first-order valence-corrected chi connectivity index (χ1v) is 10.3. The molecule has 0 saturated carbocycles. The normalized spacial score (nSPS) is 23.7. The van der Waals surface area contributed by atoms with E-state index in [1.165, 1.54) is 0 Å². The van der Waals surface area contributed by atoms with Gasteiger partial charge in [0, 0.05) is 51.7 Å². The summed E-state index contributed by atoms with van der Waals surface area (Å²) >= 11 is 0. The fraction of sp³-hybridized carbons (Fsp3) is 0.667. The highest BCUT2D eigenvalue weighted by molar-refractivity contribution is 5.94. The fourth-order valence-corrected chi connectivity index (χ4v) is 4.55. The van der Waals surface area contributed by atoms with Crippen LogP contribution in [0.2, 0.25) is 0 Å². The van der Waals surface area contributed by atoms with E-state index in [1.807, 2.05) is 4.90 Å². The molecule has 2 aliphatic heterocycles. The van der Waals surface area contributed by atoms with Crippen molar-refractivity contribution in [2.45, 2.75) is 38.1 Å². The SMILES string of the molecule is COCCC1(C(N)=O)CCCN(C2CCN(C(=O)c3ccc(OC)nc3)CC2)C1. The van der Waals surface area contributed by atoms with E-state index in [1.54, 1.807) is 32.5 Å². The number of carbonyl (C=O) groups is 2. The zero-order valence-corrected chi connectivity index (χ0v) is 17.4. The standard InChI is InChI=1S/C21H32N4O4/c1-28-13-9-21(20(22)27)8-3-10-25(15-21)17-6-11-24(12-7-17)19(26)16-4-5-18(29-2)23-14-16/h4-5,14,17H,3,6-13,15H2,1-2H3,(H2,22,27). The molecule has 2 N–H and O–H groups in total. The summed E-state index contributed by atoms with van der Waals surface area (Å²) in [7, 11) is 3.21. The largest absolute Gasteiger partial charge is 0.481 e. The number of methoxy groups -OCH3 is 2. The van der Waals surface area contributed by atoms with Crippen LogP contribution >= 0.6 is 0 Å². The van der Waals surface area contributed by atoms with Crippen molar-refractivity contribution in [1.82, 2.24) is 14.8 Å². The first-order valence-electron chi connectivity index (χ1n) is 10.3. The summed E-state index contributed by atoms with van der Waals surface area (Å²) < 4.78 is 10.3. The van der Waals surface area contributed by atoms with Gasteiger partial charge in [-0.2, -0.15) is 0 Å². The summed E-state index contributed by atoms with van der Waals surface area (Å²) in [4.78, 5) is 33.4. The van der Waals surface area contributed by atoms with E-state index in [2.05, 4.69) is 9.88 Å². The van der Waals surface area contributed by atoms with Crippen LogP contribution in [0.3, 0.4) is 0 Å². The van der Waals surface area contributed by atoms with Crippen LogP contribution in [0.5, 0.6) is 5.88 Å². The van der Waals surface area contributed by atoms with Gasteiger partial charge in [-0.05, 0) is 44.7 Å². The minimum Gasteiger partial charge on any atom is -0.481 e. The third-order valence-corrected chi connectivity index (χ3v) is 6.37.